The second kappa shape index (κ2) is 11.5. The molecule has 0 saturated carbocycles. The van der Waals surface area contributed by atoms with Crippen LogP contribution in [0.4, 0.5) is 5.00 Å². The van der Waals surface area contributed by atoms with Crippen molar-refractivity contribution in [2.24, 2.45) is 0 Å². The van der Waals surface area contributed by atoms with Gasteiger partial charge in [0.05, 0.1) is 18.3 Å². The van der Waals surface area contributed by atoms with Gasteiger partial charge in [0, 0.05) is 0 Å². The quantitative estimate of drug-likeness (QED) is 0.407. The Balaban J connectivity index is 1.70. The van der Waals surface area contributed by atoms with E-state index in [2.05, 4.69) is 5.32 Å². The van der Waals surface area contributed by atoms with Crippen molar-refractivity contribution < 1.29 is 28.6 Å². The lowest BCUT2D eigenvalue weighted by atomic mass is 10.1. The molecule has 1 aromatic heterocycles. The van der Waals surface area contributed by atoms with Crippen molar-refractivity contribution in [1.82, 2.24) is 0 Å². The van der Waals surface area contributed by atoms with E-state index in [0.717, 1.165) is 22.5 Å². The number of rotatable bonds is 9. The van der Waals surface area contributed by atoms with Crippen molar-refractivity contribution in [1.29, 1.82) is 0 Å². The van der Waals surface area contributed by atoms with Gasteiger partial charge in [0.2, 0.25) is 0 Å². The maximum absolute atomic E-state index is 12.6. The maximum Gasteiger partial charge on any atom is 0.348 e. The summed E-state index contributed by atoms with van der Waals surface area (Å²) in [5, 5.41) is 2.89. The molecule has 0 radical (unpaired) electrons. The van der Waals surface area contributed by atoms with E-state index in [1.807, 2.05) is 42.5 Å². The number of amides is 1. The molecule has 2 aromatic carbocycles. The van der Waals surface area contributed by atoms with Crippen LogP contribution in [0.25, 0.3) is 11.1 Å². The summed E-state index contributed by atoms with van der Waals surface area (Å²) >= 11 is 0.977. The molecule has 1 heterocycles. The van der Waals surface area contributed by atoms with E-state index in [0.29, 0.717) is 11.3 Å². The number of carbonyl (C=O) groups excluding carboxylic acids is 3. The normalized spacial score (nSPS) is 10.6. The number of thiophene rings is 1. The molecule has 0 saturated heterocycles. The van der Waals surface area contributed by atoms with E-state index < -0.39 is 17.8 Å². The van der Waals surface area contributed by atoms with Crippen LogP contribution in [-0.2, 0) is 14.3 Å². The fourth-order valence-corrected chi connectivity index (χ4v) is 4.29. The predicted molar refractivity (Wildman–Crippen MR) is 132 cm³/mol. The Morgan fingerprint density at radius 3 is 2.21 bits per heavy atom. The fraction of sp³-hybridized carbons (Fsp3) is 0.269. The number of benzene rings is 2. The van der Waals surface area contributed by atoms with Crippen LogP contribution in [0.15, 0.2) is 54.6 Å². The monoisotopic (exact) mass is 481 g/mol. The van der Waals surface area contributed by atoms with Crippen LogP contribution in [0.2, 0.25) is 0 Å². The molecule has 0 bridgehead atoms. The van der Waals surface area contributed by atoms with Crippen LogP contribution in [0, 0.1) is 6.92 Å². The van der Waals surface area contributed by atoms with Gasteiger partial charge in [0.1, 0.15) is 15.6 Å². The zero-order valence-corrected chi connectivity index (χ0v) is 20.4. The van der Waals surface area contributed by atoms with Crippen molar-refractivity contribution >= 4 is 34.2 Å². The summed E-state index contributed by atoms with van der Waals surface area (Å²) in [4.78, 5) is 37.8. The summed E-state index contributed by atoms with van der Waals surface area (Å²) in [6, 6.07) is 17.3. The Kier molecular flexibility index (Phi) is 8.43. The van der Waals surface area contributed by atoms with Gasteiger partial charge in [-0.1, -0.05) is 42.5 Å². The van der Waals surface area contributed by atoms with Gasteiger partial charge in [-0.25, -0.2) is 9.59 Å². The van der Waals surface area contributed by atoms with Crippen molar-refractivity contribution in [3.05, 3.63) is 70.6 Å². The molecule has 34 heavy (non-hydrogen) atoms. The summed E-state index contributed by atoms with van der Waals surface area (Å²) in [6.07, 6.45) is -0.320. The molecule has 1 N–H and O–H groups in total. The lowest BCUT2D eigenvalue weighted by Gasteiger charge is -2.09. The first-order valence-electron chi connectivity index (χ1n) is 10.9. The topological polar surface area (TPSA) is 90.9 Å². The van der Waals surface area contributed by atoms with Crippen LogP contribution in [0.1, 0.15) is 46.4 Å². The number of nitrogens with one attached hydrogen (secondary N) is 1. The van der Waals surface area contributed by atoms with Crippen molar-refractivity contribution in [3.63, 3.8) is 0 Å². The van der Waals surface area contributed by atoms with Crippen LogP contribution in [-0.4, -0.2) is 37.2 Å². The van der Waals surface area contributed by atoms with Crippen molar-refractivity contribution in [2.45, 2.75) is 33.8 Å². The van der Waals surface area contributed by atoms with Crippen LogP contribution in [0.5, 0.6) is 5.75 Å². The molecule has 0 spiro atoms. The van der Waals surface area contributed by atoms with Gasteiger partial charge in [-0.15, -0.1) is 11.3 Å². The highest BCUT2D eigenvalue weighted by molar-refractivity contribution is 7.18. The third-order valence-electron chi connectivity index (χ3n) is 4.74. The highest BCUT2D eigenvalue weighted by atomic mass is 32.1. The molecule has 7 nitrogen and oxygen atoms in total. The molecule has 0 atom stereocenters. The zero-order chi connectivity index (χ0) is 24.7. The van der Waals surface area contributed by atoms with E-state index in [1.165, 1.54) is 0 Å². The summed E-state index contributed by atoms with van der Waals surface area (Å²) in [5.74, 6) is -1.11. The van der Waals surface area contributed by atoms with Gasteiger partial charge in [-0.05, 0) is 56.5 Å². The molecule has 0 aliphatic heterocycles. The Hall–Kier alpha value is -3.65. The van der Waals surface area contributed by atoms with Crippen LogP contribution in [0.3, 0.4) is 0 Å². The smallest absolute Gasteiger partial charge is 0.348 e. The minimum absolute atomic E-state index is 0.142. The lowest BCUT2D eigenvalue weighted by Crippen LogP contribution is -2.21. The SMILES string of the molecule is CCOC(=O)c1c(NC(=O)COc2ccc(-c3ccccc3)cc2)sc(C(=O)OC(C)C)c1C. The molecule has 0 unspecified atom stereocenters. The highest BCUT2D eigenvalue weighted by Gasteiger charge is 2.27. The summed E-state index contributed by atoms with van der Waals surface area (Å²) in [5.41, 5.74) is 2.66. The molecule has 1 amide bonds. The average molecular weight is 482 g/mol. The fourth-order valence-electron chi connectivity index (χ4n) is 3.20. The first-order chi connectivity index (χ1) is 16.3. The standard InChI is InChI=1S/C26H27NO6S/c1-5-31-25(29)22-17(4)23(26(30)33-16(2)3)34-24(22)27-21(28)15-32-20-13-11-19(12-14-20)18-9-7-6-8-10-18/h6-14,16H,5,15H2,1-4H3,(H,27,28). The second-order valence-electron chi connectivity index (χ2n) is 7.66. The van der Waals surface area contributed by atoms with Crippen molar-refractivity contribution in [3.8, 4) is 16.9 Å². The third-order valence-corrected chi connectivity index (χ3v) is 5.93. The molecule has 8 heteroatoms. The summed E-state index contributed by atoms with van der Waals surface area (Å²) in [7, 11) is 0. The van der Waals surface area contributed by atoms with E-state index in [1.54, 1.807) is 39.8 Å². The van der Waals surface area contributed by atoms with E-state index in [-0.39, 0.29) is 34.8 Å². The zero-order valence-electron chi connectivity index (χ0n) is 19.5. The highest BCUT2D eigenvalue weighted by Crippen LogP contribution is 2.34. The van der Waals surface area contributed by atoms with Gasteiger partial charge < -0.3 is 19.5 Å². The van der Waals surface area contributed by atoms with E-state index in [4.69, 9.17) is 14.2 Å². The van der Waals surface area contributed by atoms with E-state index >= 15 is 0 Å². The number of esters is 2. The summed E-state index contributed by atoms with van der Waals surface area (Å²) in [6.45, 7) is 6.67. The number of anilines is 1. The van der Waals surface area contributed by atoms with E-state index in [9.17, 15) is 14.4 Å². The molecule has 0 aliphatic carbocycles. The number of carbonyl (C=O) groups is 3. The maximum atomic E-state index is 12.6. The van der Waals surface area contributed by atoms with Gasteiger partial charge in [0.15, 0.2) is 6.61 Å². The number of hydrogen-bond donors (Lipinski definition) is 1. The Bertz CT molecular complexity index is 1150. The molecule has 3 aromatic rings. The first-order valence-corrected chi connectivity index (χ1v) is 11.7. The number of hydrogen-bond acceptors (Lipinski definition) is 7. The Morgan fingerprint density at radius 1 is 0.941 bits per heavy atom. The predicted octanol–water partition coefficient (Wildman–Crippen LogP) is 5.48. The second-order valence-corrected chi connectivity index (χ2v) is 8.68. The van der Waals surface area contributed by atoms with Gasteiger partial charge in [0.25, 0.3) is 5.91 Å². The average Bonchev–Trinajstić information content (AvgIpc) is 3.14. The summed E-state index contributed by atoms with van der Waals surface area (Å²) < 4.78 is 16.0. The Morgan fingerprint density at radius 2 is 1.59 bits per heavy atom. The minimum atomic E-state index is -0.618. The van der Waals surface area contributed by atoms with Crippen LogP contribution < -0.4 is 10.1 Å². The van der Waals surface area contributed by atoms with Crippen molar-refractivity contribution in [2.75, 3.05) is 18.5 Å². The molecule has 0 fully saturated rings. The third kappa shape index (κ3) is 6.23. The first kappa shape index (κ1) is 25.0. The molecule has 0 aliphatic rings. The molecular weight excluding hydrogens is 454 g/mol. The van der Waals surface area contributed by atoms with Gasteiger partial charge in [-0.3, -0.25) is 4.79 Å². The molecule has 3 rings (SSSR count). The minimum Gasteiger partial charge on any atom is -0.484 e. The Labute approximate surface area is 202 Å². The van der Waals surface area contributed by atoms with Gasteiger partial charge in [-0.2, -0.15) is 0 Å². The van der Waals surface area contributed by atoms with Crippen LogP contribution >= 0.6 is 11.3 Å². The van der Waals surface area contributed by atoms with Gasteiger partial charge >= 0.3 is 11.9 Å². The molecular formula is C26H27NO6S. The largest absolute Gasteiger partial charge is 0.484 e. The number of ether oxygens (including phenoxy) is 3. The lowest BCUT2D eigenvalue weighted by molar-refractivity contribution is -0.118. The molecule has 178 valence electrons.